The number of amides is 1. The molecule has 0 heterocycles. The van der Waals surface area contributed by atoms with E-state index >= 15 is 0 Å². The summed E-state index contributed by atoms with van der Waals surface area (Å²) in [6.07, 6.45) is 0.0969. The summed E-state index contributed by atoms with van der Waals surface area (Å²) in [5.74, 6) is -6.01. The van der Waals surface area contributed by atoms with Crippen molar-refractivity contribution in [2.45, 2.75) is 24.5 Å². The number of benzene rings is 2. The Balaban J connectivity index is 1.74. The molecule has 4 atom stereocenters. The topological polar surface area (TPSA) is 189 Å². The van der Waals surface area contributed by atoms with Crippen LogP contribution in [0.2, 0.25) is 0 Å². The van der Waals surface area contributed by atoms with E-state index in [2.05, 4.69) is 0 Å². The number of fused-ring (bicyclic) bond motifs is 3. The number of primary amides is 1. The van der Waals surface area contributed by atoms with Crippen LogP contribution >= 0.6 is 0 Å². The summed E-state index contributed by atoms with van der Waals surface area (Å²) in [5, 5.41) is 45.0. The summed E-state index contributed by atoms with van der Waals surface area (Å²) in [7, 11) is 7.56. The Morgan fingerprint density at radius 3 is 2.19 bits per heavy atom. The van der Waals surface area contributed by atoms with Crippen molar-refractivity contribution in [3.63, 3.8) is 0 Å². The third kappa shape index (κ3) is 3.78. The number of carbonyl (C=O) groups is 3. The summed E-state index contributed by atoms with van der Waals surface area (Å²) >= 11 is 0. The first-order valence-electron chi connectivity index (χ1n) is 13.1. The minimum atomic E-state index is -2.70. The van der Waals surface area contributed by atoms with Gasteiger partial charge in [-0.2, -0.15) is 0 Å². The van der Waals surface area contributed by atoms with Crippen LogP contribution < -0.4 is 19.9 Å². The number of rotatable bonds is 6. The minimum Gasteiger partial charge on any atom is -0.510 e. The van der Waals surface area contributed by atoms with E-state index in [0.29, 0.717) is 33.9 Å². The van der Waals surface area contributed by atoms with Crippen molar-refractivity contribution < 1.29 is 49.0 Å². The lowest BCUT2D eigenvalue weighted by Crippen LogP contribution is -2.63. The van der Waals surface area contributed by atoms with Crippen LogP contribution in [-0.2, 0) is 16.0 Å². The van der Waals surface area contributed by atoms with Gasteiger partial charge in [-0.05, 0) is 62.2 Å². The van der Waals surface area contributed by atoms with Crippen molar-refractivity contribution in [1.29, 1.82) is 0 Å². The number of carbonyl (C=O) groups excluding carboxylic acids is 3. The quantitative estimate of drug-likeness (QED) is 0.313. The molecule has 0 saturated carbocycles. The number of aliphatic hydroxyl groups is 3. The lowest BCUT2D eigenvalue weighted by atomic mass is 9.58. The molecule has 0 saturated heterocycles. The summed E-state index contributed by atoms with van der Waals surface area (Å²) in [6, 6.07) is 5.30. The van der Waals surface area contributed by atoms with Gasteiger partial charge in [-0.25, -0.2) is 0 Å². The second-order valence-corrected chi connectivity index (χ2v) is 10.8. The zero-order valence-corrected chi connectivity index (χ0v) is 23.7. The van der Waals surface area contributed by atoms with Gasteiger partial charge < -0.3 is 40.4 Å². The van der Waals surface area contributed by atoms with Gasteiger partial charge in [0.05, 0.1) is 32.9 Å². The lowest BCUT2D eigenvalue weighted by Gasteiger charge is -2.50. The van der Waals surface area contributed by atoms with Gasteiger partial charge in [0.2, 0.25) is 11.5 Å². The SMILES string of the molecule is COc1ccc(-c2ccc(O)c3c2C[C@H]2C[C@H]4[C@H](N(C)C)C(O)=C(C(N)=O)C(=O)[C@@]4(O)C(O)=C2C3=O)c(OC)c1OC. The van der Waals surface area contributed by atoms with Gasteiger partial charge in [-0.3, -0.25) is 19.3 Å². The Hall–Kier alpha value is -4.55. The number of hydrogen-bond donors (Lipinski definition) is 5. The van der Waals surface area contributed by atoms with Gasteiger partial charge in [0.15, 0.2) is 22.9 Å². The average Bonchev–Trinajstić information content (AvgIpc) is 2.93. The molecule has 2 aromatic carbocycles. The Bertz CT molecular complexity index is 1610. The zero-order chi connectivity index (χ0) is 30.8. The van der Waals surface area contributed by atoms with Crippen molar-refractivity contribution in [3.05, 3.63) is 58.1 Å². The molecule has 3 aliphatic carbocycles. The number of nitrogens with two attached hydrogens (primary N) is 1. The molecule has 0 aromatic heterocycles. The first-order chi connectivity index (χ1) is 19.8. The number of nitrogens with zero attached hydrogens (tertiary/aromatic N) is 1. The summed E-state index contributed by atoms with van der Waals surface area (Å²) < 4.78 is 16.6. The molecule has 42 heavy (non-hydrogen) atoms. The number of aromatic hydroxyl groups is 1. The van der Waals surface area contributed by atoms with Crippen molar-refractivity contribution >= 4 is 17.5 Å². The maximum atomic E-state index is 14.0. The second-order valence-electron chi connectivity index (χ2n) is 10.8. The minimum absolute atomic E-state index is 0.0239. The van der Waals surface area contributed by atoms with Crippen LogP contribution in [-0.4, -0.2) is 89.9 Å². The number of ketones is 2. The number of ether oxygens (including phenoxy) is 3. The van der Waals surface area contributed by atoms with E-state index in [1.807, 2.05) is 0 Å². The number of hydrogen-bond acceptors (Lipinski definition) is 11. The predicted molar refractivity (Wildman–Crippen MR) is 149 cm³/mol. The molecule has 0 aliphatic heterocycles. The molecule has 12 nitrogen and oxygen atoms in total. The largest absolute Gasteiger partial charge is 0.510 e. The first-order valence-corrected chi connectivity index (χ1v) is 13.1. The van der Waals surface area contributed by atoms with E-state index in [-0.39, 0.29) is 29.7 Å². The van der Waals surface area contributed by atoms with Crippen LogP contribution in [0, 0.1) is 11.8 Å². The van der Waals surface area contributed by atoms with Gasteiger partial charge in [0, 0.05) is 17.1 Å². The van der Waals surface area contributed by atoms with Crippen LogP contribution in [0.4, 0.5) is 0 Å². The summed E-state index contributed by atoms with van der Waals surface area (Å²) in [6.45, 7) is 0. The van der Waals surface area contributed by atoms with E-state index in [1.54, 1.807) is 32.3 Å². The highest BCUT2D eigenvalue weighted by Crippen LogP contribution is 2.54. The maximum absolute atomic E-state index is 14.0. The number of likely N-dealkylation sites (N-methyl/N-ethyl adjacent to an activating group) is 1. The summed E-state index contributed by atoms with van der Waals surface area (Å²) in [4.78, 5) is 41.1. The molecule has 2 aromatic rings. The third-order valence-electron chi connectivity index (χ3n) is 8.60. The monoisotopic (exact) mass is 580 g/mol. The van der Waals surface area contributed by atoms with E-state index in [4.69, 9.17) is 19.9 Å². The Morgan fingerprint density at radius 1 is 0.976 bits per heavy atom. The summed E-state index contributed by atoms with van der Waals surface area (Å²) in [5.41, 5.74) is 3.04. The molecule has 0 bridgehead atoms. The fraction of sp³-hybridized carbons (Fsp3) is 0.367. The molecule has 3 aliphatic rings. The van der Waals surface area contributed by atoms with Gasteiger partial charge in [-0.15, -0.1) is 0 Å². The first kappa shape index (κ1) is 29.0. The predicted octanol–water partition coefficient (Wildman–Crippen LogP) is 1.81. The van der Waals surface area contributed by atoms with E-state index in [1.165, 1.54) is 32.3 Å². The fourth-order valence-corrected chi connectivity index (χ4v) is 6.82. The van der Waals surface area contributed by atoms with Gasteiger partial charge in [-0.1, -0.05) is 6.07 Å². The van der Waals surface area contributed by atoms with Crippen molar-refractivity contribution in [3.8, 4) is 34.1 Å². The van der Waals surface area contributed by atoms with Crippen LogP contribution in [0.3, 0.4) is 0 Å². The molecule has 6 N–H and O–H groups in total. The molecule has 5 rings (SSSR count). The van der Waals surface area contributed by atoms with Crippen molar-refractivity contribution in [2.75, 3.05) is 35.4 Å². The van der Waals surface area contributed by atoms with Gasteiger partial charge >= 0.3 is 0 Å². The molecular weight excluding hydrogens is 548 g/mol. The molecule has 222 valence electrons. The molecule has 0 fully saturated rings. The second kappa shape index (κ2) is 10.1. The number of phenols is 1. The number of phenolic OH excluding ortho intramolecular Hbond substituents is 1. The van der Waals surface area contributed by atoms with Gasteiger partial charge in [0.1, 0.15) is 22.8 Å². The lowest BCUT2D eigenvalue weighted by molar-refractivity contribution is -0.148. The maximum Gasteiger partial charge on any atom is 0.255 e. The van der Waals surface area contributed by atoms with Crippen LogP contribution in [0.1, 0.15) is 22.3 Å². The van der Waals surface area contributed by atoms with Gasteiger partial charge in [0.25, 0.3) is 5.91 Å². The normalized spacial score (nSPS) is 25.2. The highest BCUT2D eigenvalue weighted by Gasteiger charge is 2.63. The molecular formula is C30H32N2O10. The molecule has 0 spiro atoms. The van der Waals surface area contributed by atoms with Crippen LogP contribution in [0.15, 0.2) is 46.9 Å². The third-order valence-corrected chi connectivity index (χ3v) is 8.60. The Labute approximate surface area is 241 Å². The fourth-order valence-electron chi connectivity index (χ4n) is 6.82. The molecule has 1 amide bonds. The number of aliphatic hydroxyl groups excluding tert-OH is 2. The number of methoxy groups -OCH3 is 3. The molecule has 12 heteroatoms. The van der Waals surface area contributed by atoms with E-state index < -0.39 is 58.0 Å². The van der Waals surface area contributed by atoms with Crippen LogP contribution in [0.5, 0.6) is 23.0 Å². The van der Waals surface area contributed by atoms with Crippen molar-refractivity contribution in [2.24, 2.45) is 17.6 Å². The Kier molecular flexibility index (Phi) is 6.94. The average molecular weight is 581 g/mol. The highest BCUT2D eigenvalue weighted by molar-refractivity contribution is 6.25. The standard InChI is InChI=1S/C30H32N2O10/c1-32(2)22-16-11-12-10-15-13(14-7-9-18(40-3)26(42-5)25(14)41-4)6-8-17(33)20(15)23(34)19(12)27(36)30(16,39)28(37)21(24(22)35)29(31)38/h6-9,12,16,22,33,35-36,39H,10-11H2,1-5H3,(H2,31,38)/t12-,16-,22-,30-/m0/s1. The highest BCUT2D eigenvalue weighted by atomic mass is 16.5. The smallest absolute Gasteiger partial charge is 0.255 e. The van der Waals surface area contributed by atoms with Crippen molar-refractivity contribution in [1.82, 2.24) is 4.90 Å². The van der Waals surface area contributed by atoms with E-state index in [9.17, 15) is 34.8 Å². The Morgan fingerprint density at radius 2 is 1.62 bits per heavy atom. The molecule has 0 unspecified atom stereocenters. The zero-order valence-electron chi connectivity index (χ0n) is 23.7. The molecule has 0 radical (unpaired) electrons. The van der Waals surface area contributed by atoms with E-state index in [0.717, 1.165) is 0 Å². The van der Waals surface area contributed by atoms with Crippen LogP contribution in [0.25, 0.3) is 11.1 Å². The number of allylic oxidation sites excluding steroid dienone is 1. The number of Topliss-reactive ketones (excluding diaryl/α,β-unsaturated/α-hetero) is 2.